The van der Waals surface area contributed by atoms with Gasteiger partial charge in [-0.05, 0) is 12.8 Å². The SMILES string of the molecule is OC1CCCC1.[GeH4]. The normalized spacial score (nSPS) is 21.9. The molecule has 1 saturated carbocycles. The van der Waals surface area contributed by atoms with Crippen molar-refractivity contribution in [1.82, 2.24) is 0 Å². The summed E-state index contributed by atoms with van der Waals surface area (Å²) in [7, 11) is 0. The van der Waals surface area contributed by atoms with Gasteiger partial charge in [-0.15, -0.1) is 0 Å². The van der Waals surface area contributed by atoms with Gasteiger partial charge in [-0.25, -0.2) is 0 Å². The van der Waals surface area contributed by atoms with Crippen LogP contribution >= 0.6 is 0 Å². The summed E-state index contributed by atoms with van der Waals surface area (Å²) in [4.78, 5) is 0. The van der Waals surface area contributed by atoms with E-state index in [9.17, 15) is 0 Å². The molecule has 0 aromatic heterocycles. The molecule has 0 atom stereocenters. The summed E-state index contributed by atoms with van der Waals surface area (Å²) < 4.78 is 0. The second-order valence-electron chi connectivity index (χ2n) is 1.94. The summed E-state index contributed by atoms with van der Waals surface area (Å²) in [5.41, 5.74) is 0. The number of hydrogen-bond donors (Lipinski definition) is 1. The van der Waals surface area contributed by atoms with Crippen LogP contribution in [-0.2, 0) is 0 Å². The summed E-state index contributed by atoms with van der Waals surface area (Å²) in [6, 6.07) is 0. The van der Waals surface area contributed by atoms with Crippen LogP contribution in [0.3, 0.4) is 0 Å². The first-order valence-corrected chi connectivity index (χ1v) is 2.57. The van der Waals surface area contributed by atoms with Crippen molar-refractivity contribution in [3.63, 3.8) is 0 Å². The molecule has 1 nitrogen and oxygen atoms in total. The fourth-order valence-electron chi connectivity index (χ4n) is 0.904. The maximum atomic E-state index is 8.73. The molecule has 1 aliphatic carbocycles. The van der Waals surface area contributed by atoms with Crippen molar-refractivity contribution in [2.75, 3.05) is 0 Å². The van der Waals surface area contributed by atoms with Crippen molar-refractivity contribution in [3.05, 3.63) is 0 Å². The van der Waals surface area contributed by atoms with Crippen molar-refractivity contribution in [1.29, 1.82) is 0 Å². The van der Waals surface area contributed by atoms with E-state index in [-0.39, 0.29) is 23.7 Å². The predicted molar refractivity (Wildman–Crippen MR) is 35.8 cm³/mol. The van der Waals surface area contributed by atoms with E-state index in [2.05, 4.69) is 0 Å². The number of hydrogen-bond acceptors (Lipinski definition) is 1. The van der Waals surface area contributed by atoms with Crippen LogP contribution in [0, 0.1) is 0 Å². The first-order chi connectivity index (χ1) is 2.89. The fourth-order valence-corrected chi connectivity index (χ4v) is 0.904. The molecule has 0 unspecified atom stereocenters. The molecule has 1 fully saturated rings. The summed E-state index contributed by atoms with van der Waals surface area (Å²) in [5.74, 6) is 0. The summed E-state index contributed by atoms with van der Waals surface area (Å²) in [6.45, 7) is 0. The topological polar surface area (TPSA) is 20.2 Å². The maximum absolute atomic E-state index is 8.73. The van der Waals surface area contributed by atoms with Gasteiger partial charge in [-0.2, -0.15) is 0 Å². The first kappa shape index (κ1) is 7.50. The number of rotatable bonds is 0. The molecule has 1 rings (SSSR count). The van der Waals surface area contributed by atoms with E-state index in [1.807, 2.05) is 0 Å². The molecule has 1 aliphatic rings. The number of aliphatic hydroxyl groups excluding tert-OH is 1. The quantitative estimate of drug-likeness (QED) is 0.475. The van der Waals surface area contributed by atoms with Crippen LogP contribution in [0.4, 0.5) is 0 Å². The summed E-state index contributed by atoms with van der Waals surface area (Å²) in [5, 5.41) is 8.73. The van der Waals surface area contributed by atoms with Crippen LogP contribution in [0.2, 0.25) is 0 Å². The average Bonchev–Trinajstić information content (AvgIpc) is 1.86. The van der Waals surface area contributed by atoms with Crippen molar-refractivity contribution < 1.29 is 5.11 Å². The Morgan fingerprint density at radius 1 is 1.14 bits per heavy atom. The molecule has 2 heteroatoms. The Kier molecular flexibility index (Phi) is 3.75. The van der Waals surface area contributed by atoms with Crippen molar-refractivity contribution >= 4 is 17.6 Å². The summed E-state index contributed by atoms with van der Waals surface area (Å²) in [6.07, 6.45) is 4.60. The second kappa shape index (κ2) is 3.50. The van der Waals surface area contributed by atoms with E-state index in [4.69, 9.17) is 5.11 Å². The molecule has 0 spiro atoms. The van der Waals surface area contributed by atoms with Gasteiger partial charge in [-0.1, -0.05) is 12.8 Å². The third-order valence-electron chi connectivity index (χ3n) is 1.32. The van der Waals surface area contributed by atoms with Gasteiger partial charge in [0.25, 0.3) is 0 Å². The van der Waals surface area contributed by atoms with E-state index in [1.165, 1.54) is 12.8 Å². The van der Waals surface area contributed by atoms with Crippen LogP contribution in [0.25, 0.3) is 0 Å². The Labute approximate surface area is 55.1 Å². The van der Waals surface area contributed by atoms with Gasteiger partial charge in [0.15, 0.2) is 0 Å². The minimum atomic E-state index is 0. The van der Waals surface area contributed by atoms with Gasteiger partial charge in [0.2, 0.25) is 0 Å². The van der Waals surface area contributed by atoms with Crippen molar-refractivity contribution in [2.45, 2.75) is 31.8 Å². The van der Waals surface area contributed by atoms with E-state index in [0.29, 0.717) is 0 Å². The zero-order chi connectivity index (χ0) is 4.41. The molecular formula is C5H14GeO. The van der Waals surface area contributed by atoms with Gasteiger partial charge in [0.05, 0.1) is 6.10 Å². The molecular weight excluding hydrogens is 149 g/mol. The molecule has 7 heavy (non-hydrogen) atoms. The minimum absolute atomic E-state index is 0. The third kappa shape index (κ3) is 2.34. The molecule has 0 amide bonds. The van der Waals surface area contributed by atoms with Crippen molar-refractivity contribution in [3.8, 4) is 0 Å². The van der Waals surface area contributed by atoms with Gasteiger partial charge >= 0.3 is 17.6 Å². The average molecular weight is 163 g/mol. The van der Waals surface area contributed by atoms with Crippen LogP contribution in [0.1, 0.15) is 25.7 Å². The molecule has 44 valence electrons. The van der Waals surface area contributed by atoms with Crippen LogP contribution in [-0.4, -0.2) is 28.8 Å². The molecule has 0 aromatic rings. The van der Waals surface area contributed by atoms with Gasteiger partial charge in [-0.3, -0.25) is 0 Å². The van der Waals surface area contributed by atoms with Gasteiger partial charge in [0, 0.05) is 0 Å². The molecule has 0 saturated heterocycles. The van der Waals surface area contributed by atoms with Crippen molar-refractivity contribution in [2.24, 2.45) is 0 Å². The Morgan fingerprint density at radius 2 is 1.57 bits per heavy atom. The standard InChI is InChI=1S/C5H10O.GeH4/c6-5-3-1-2-4-5;/h5-6H,1-4H2;1H4. The van der Waals surface area contributed by atoms with Crippen LogP contribution in [0.15, 0.2) is 0 Å². The first-order valence-electron chi connectivity index (χ1n) is 2.57. The van der Waals surface area contributed by atoms with E-state index < -0.39 is 0 Å². The zero-order valence-electron chi connectivity index (χ0n) is 3.85. The number of aliphatic hydroxyl groups is 1. The summed E-state index contributed by atoms with van der Waals surface area (Å²) >= 11 is 0. The molecule has 1 N–H and O–H groups in total. The Bertz CT molecular complexity index is 41.3. The molecule has 0 bridgehead atoms. The van der Waals surface area contributed by atoms with Crippen LogP contribution < -0.4 is 0 Å². The third-order valence-corrected chi connectivity index (χ3v) is 1.32. The Hall–Kier alpha value is 0.503. The monoisotopic (exact) mass is 164 g/mol. The van der Waals surface area contributed by atoms with Gasteiger partial charge in [0.1, 0.15) is 0 Å². The van der Waals surface area contributed by atoms with E-state index in [1.54, 1.807) is 0 Å². The second-order valence-corrected chi connectivity index (χ2v) is 1.94. The van der Waals surface area contributed by atoms with E-state index in [0.717, 1.165) is 12.8 Å². The Morgan fingerprint density at radius 3 is 1.71 bits per heavy atom. The molecule has 0 heterocycles. The Balaban J connectivity index is 0.000000360. The van der Waals surface area contributed by atoms with Gasteiger partial charge < -0.3 is 5.11 Å². The zero-order valence-corrected chi connectivity index (χ0v) is 3.85. The molecule has 0 aromatic carbocycles. The van der Waals surface area contributed by atoms with Crippen LogP contribution in [0.5, 0.6) is 0 Å². The predicted octanol–water partition coefficient (Wildman–Crippen LogP) is -0.530. The van der Waals surface area contributed by atoms with E-state index >= 15 is 0 Å². The molecule has 0 radical (unpaired) electrons. The molecule has 0 aliphatic heterocycles. The fraction of sp³-hybridized carbons (Fsp3) is 1.00.